The van der Waals surface area contributed by atoms with Crippen LogP contribution in [0.25, 0.3) is 0 Å². The topological polar surface area (TPSA) is 44.8 Å². The van der Waals surface area contributed by atoms with Crippen LogP contribution in [0.3, 0.4) is 0 Å². The van der Waals surface area contributed by atoms with Gasteiger partial charge < -0.3 is 19.9 Å². The molecule has 2 aliphatic heterocycles. The minimum Gasteiger partial charge on any atom is -0.378 e. The van der Waals surface area contributed by atoms with Crippen molar-refractivity contribution in [3.8, 4) is 0 Å². The second-order valence-corrected chi connectivity index (χ2v) is 10.1. The summed E-state index contributed by atoms with van der Waals surface area (Å²) < 4.78 is 20.3. The zero-order valence-corrected chi connectivity index (χ0v) is 19.3. The molecule has 5 nitrogen and oxygen atoms in total. The maximum Gasteiger partial charge on any atom is 0.254 e. The summed E-state index contributed by atoms with van der Waals surface area (Å²) in [5, 5.41) is 3.69. The summed E-state index contributed by atoms with van der Waals surface area (Å²) in [4.78, 5) is 17.5. The van der Waals surface area contributed by atoms with Crippen LogP contribution in [0.5, 0.6) is 0 Å². The van der Waals surface area contributed by atoms with E-state index < -0.39 is 0 Å². The van der Waals surface area contributed by atoms with Crippen LogP contribution in [-0.4, -0.2) is 60.8 Å². The molecule has 0 unspecified atom stereocenters. The Morgan fingerprint density at radius 1 is 1.20 bits per heavy atom. The molecule has 0 radical (unpaired) electrons. The van der Waals surface area contributed by atoms with Crippen LogP contribution in [0.1, 0.15) is 70.7 Å². The van der Waals surface area contributed by atoms with Crippen LogP contribution in [0, 0.1) is 5.82 Å². The summed E-state index contributed by atoms with van der Waals surface area (Å²) in [6.45, 7) is 14.2. The summed E-state index contributed by atoms with van der Waals surface area (Å²) in [6.07, 6.45) is 3.75. The smallest absolute Gasteiger partial charge is 0.254 e. The van der Waals surface area contributed by atoms with E-state index in [0.717, 1.165) is 25.7 Å². The highest BCUT2D eigenvalue weighted by molar-refractivity contribution is 5.95. The lowest BCUT2D eigenvalue weighted by atomic mass is 9.78. The molecule has 1 amide bonds. The van der Waals surface area contributed by atoms with Crippen LogP contribution >= 0.6 is 0 Å². The number of carbonyl (C=O) groups excluding carboxylic acids is 1. The number of halogens is 1. The monoisotopic (exact) mass is 419 g/mol. The summed E-state index contributed by atoms with van der Waals surface area (Å²) in [7, 11) is 0. The fourth-order valence-corrected chi connectivity index (χ4v) is 5.13. The number of carbonyl (C=O) groups is 1. The van der Waals surface area contributed by atoms with Crippen molar-refractivity contribution in [3.05, 3.63) is 29.6 Å². The highest BCUT2D eigenvalue weighted by atomic mass is 19.1. The molecular weight excluding hydrogens is 381 g/mol. The number of morpholine rings is 1. The Hall–Kier alpha value is -1.66. The third-order valence-electron chi connectivity index (χ3n) is 6.17. The first-order valence-electron chi connectivity index (χ1n) is 11.3. The fourth-order valence-electron chi connectivity index (χ4n) is 5.13. The number of nitrogens with one attached hydrogen (secondary N) is 1. The lowest BCUT2D eigenvalue weighted by molar-refractivity contribution is 0.0441. The van der Waals surface area contributed by atoms with E-state index in [1.165, 1.54) is 6.07 Å². The van der Waals surface area contributed by atoms with E-state index in [-0.39, 0.29) is 28.8 Å². The van der Waals surface area contributed by atoms with E-state index in [2.05, 4.69) is 39.9 Å². The summed E-state index contributed by atoms with van der Waals surface area (Å²) >= 11 is 0. The van der Waals surface area contributed by atoms with Gasteiger partial charge in [-0.25, -0.2) is 4.39 Å². The number of rotatable bonds is 6. The molecule has 2 saturated heterocycles. The Morgan fingerprint density at radius 2 is 1.83 bits per heavy atom. The van der Waals surface area contributed by atoms with Crippen molar-refractivity contribution >= 4 is 11.6 Å². The highest BCUT2D eigenvalue weighted by Gasteiger charge is 2.41. The molecule has 1 aromatic rings. The number of unbranched alkanes of at least 4 members (excludes halogenated alkanes) is 1. The Bertz CT molecular complexity index is 728. The van der Waals surface area contributed by atoms with Crippen LogP contribution < -0.4 is 10.2 Å². The van der Waals surface area contributed by atoms with Crippen molar-refractivity contribution in [2.75, 3.05) is 37.7 Å². The molecule has 168 valence electrons. The minimum atomic E-state index is -0.329. The molecule has 1 N–H and O–H groups in total. The first-order chi connectivity index (χ1) is 14.1. The molecule has 0 bridgehead atoms. The van der Waals surface area contributed by atoms with Gasteiger partial charge in [0.05, 0.1) is 18.9 Å². The molecule has 0 atom stereocenters. The van der Waals surface area contributed by atoms with Gasteiger partial charge in [-0.2, -0.15) is 0 Å². The van der Waals surface area contributed by atoms with Gasteiger partial charge in [0, 0.05) is 42.3 Å². The van der Waals surface area contributed by atoms with Crippen molar-refractivity contribution in [1.82, 2.24) is 10.2 Å². The Labute approximate surface area is 180 Å². The van der Waals surface area contributed by atoms with Gasteiger partial charge in [-0.15, -0.1) is 0 Å². The number of nitrogens with zero attached hydrogens (tertiary/aromatic N) is 2. The molecule has 0 spiro atoms. The lowest BCUT2D eigenvalue weighted by Crippen LogP contribution is -2.62. The van der Waals surface area contributed by atoms with Crippen molar-refractivity contribution in [2.45, 2.75) is 77.4 Å². The minimum absolute atomic E-state index is 0.0530. The van der Waals surface area contributed by atoms with Crippen molar-refractivity contribution in [3.63, 3.8) is 0 Å². The number of piperidine rings is 1. The molecule has 1 aromatic carbocycles. The van der Waals surface area contributed by atoms with Gasteiger partial charge in [0.1, 0.15) is 5.82 Å². The van der Waals surface area contributed by atoms with Crippen LogP contribution in [0.4, 0.5) is 10.1 Å². The fraction of sp³-hybridized carbons (Fsp3) is 0.708. The molecule has 30 heavy (non-hydrogen) atoms. The zero-order chi connectivity index (χ0) is 21.9. The van der Waals surface area contributed by atoms with Crippen molar-refractivity contribution in [2.24, 2.45) is 0 Å². The first-order valence-corrected chi connectivity index (χ1v) is 11.3. The predicted octanol–water partition coefficient (Wildman–Crippen LogP) is 4.21. The largest absolute Gasteiger partial charge is 0.378 e. The van der Waals surface area contributed by atoms with E-state index in [4.69, 9.17) is 4.74 Å². The number of hydrogen-bond donors (Lipinski definition) is 1. The highest BCUT2D eigenvalue weighted by Crippen LogP contribution is 2.33. The van der Waals surface area contributed by atoms with E-state index in [1.54, 1.807) is 12.1 Å². The molecule has 6 heteroatoms. The average Bonchev–Trinajstić information content (AvgIpc) is 2.66. The first kappa shape index (κ1) is 23.0. The number of anilines is 1. The Kier molecular flexibility index (Phi) is 7.08. The van der Waals surface area contributed by atoms with Gasteiger partial charge in [-0.1, -0.05) is 13.3 Å². The summed E-state index contributed by atoms with van der Waals surface area (Å²) in [5.74, 6) is -0.390. The normalized spacial score (nSPS) is 21.5. The van der Waals surface area contributed by atoms with Crippen molar-refractivity contribution in [1.29, 1.82) is 0 Å². The van der Waals surface area contributed by atoms with Crippen LogP contribution in [0.2, 0.25) is 0 Å². The molecule has 0 aromatic heterocycles. The van der Waals surface area contributed by atoms with Gasteiger partial charge in [0.15, 0.2) is 0 Å². The third-order valence-corrected chi connectivity index (χ3v) is 6.17. The number of hydrogen-bond acceptors (Lipinski definition) is 4. The van der Waals surface area contributed by atoms with Gasteiger partial charge in [0.25, 0.3) is 5.91 Å². The number of benzene rings is 1. The summed E-state index contributed by atoms with van der Waals surface area (Å²) in [5.41, 5.74) is 0.888. The number of amides is 1. The molecule has 2 aliphatic rings. The van der Waals surface area contributed by atoms with E-state index >= 15 is 0 Å². The van der Waals surface area contributed by atoms with Crippen molar-refractivity contribution < 1.29 is 13.9 Å². The van der Waals surface area contributed by atoms with E-state index in [9.17, 15) is 9.18 Å². The molecule has 0 aliphatic carbocycles. The maximum atomic E-state index is 14.9. The Morgan fingerprint density at radius 3 is 2.40 bits per heavy atom. The predicted molar refractivity (Wildman–Crippen MR) is 120 cm³/mol. The molecular formula is C24H38FN3O2. The van der Waals surface area contributed by atoms with E-state index in [1.807, 2.05) is 9.80 Å². The SMILES string of the molecule is CCCCN(C(=O)c1ccc(N2CCOCC2)c(F)c1)C1CC(C)(C)NC(C)(C)C1. The standard InChI is InChI=1S/C24H38FN3O2/c1-6-7-10-28(19-16-23(2,3)26-24(4,5)17-19)22(29)18-8-9-21(20(25)15-18)27-11-13-30-14-12-27/h8-9,15,19,26H,6-7,10-14,16-17H2,1-5H3. The van der Waals surface area contributed by atoms with Gasteiger partial charge in [-0.05, 0) is 65.2 Å². The Balaban J connectivity index is 1.83. The second-order valence-electron chi connectivity index (χ2n) is 10.1. The molecule has 0 saturated carbocycles. The van der Waals surface area contributed by atoms with Gasteiger partial charge in [-0.3, -0.25) is 4.79 Å². The quantitative estimate of drug-likeness (QED) is 0.750. The lowest BCUT2D eigenvalue weighted by Gasteiger charge is -2.49. The third kappa shape index (κ3) is 5.52. The van der Waals surface area contributed by atoms with Crippen LogP contribution in [0.15, 0.2) is 18.2 Å². The molecule has 2 heterocycles. The number of ether oxygens (including phenoxy) is 1. The maximum absolute atomic E-state index is 14.9. The average molecular weight is 420 g/mol. The second kappa shape index (κ2) is 9.23. The zero-order valence-electron chi connectivity index (χ0n) is 19.3. The molecule has 3 rings (SSSR count). The van der Waals surface area contributed by atoms with Crippen LogP contribution in [-0.2, 0) is 4.74 Å². The van der Waals surface area contributed by atoms with Gasteiger partial charge in [0.2, 0.25) is 0 Å². The van der Waals surface area contributed by atoms with E-state index in [0.29, 0.717) is 44.1 Å². The van der Waals surface area contributed by atoms with Gasteiger partial charge >= 0.3 is 0 Å². The molecule has 2 fully saturated rings. The summed E-state index contributed by atoms with van der Waals surface area (Å²) in [6, 6.07) is 5.09.